The van der Waals surface area contributed by atoms with Gasteiger partial charge in [0, 0.05) is 18.6 Å². The normalized spacial score (nSPS) is 40.0. The van der Waals surface area contributed by atoms with E-state index in [1.807, 2.05) is 0 Å². The number of likely N-dealkylation sites (N-methyl/N-ethyl adjacent to an activating group) is 1. The first-order valence-corrected chi connectivity index (χ1v) is 6.44. The maximum absolute atomic E-state index is 6.11. The van der Waals surface area contributed by atoms with Crippen molar-refractivity contribution < 1.29 is 0 Å². The molecule has 0 spiro atoms. The van der Waals surface area contributed by atoms with Crippen LogP contribution in [0.2, 0.25) is 0 Å². The maximum Gasteiger partial charge on any atom is 0.0384 e. The molecule has 2 aliphatic rings. The molecule has 2 N–H and O–H groups in total. The van der Waals surface area contributed by atoms with Crippen LogP contribution in [0.5, 0.6) is 0 Å². The van der Waals surface area contributed by atoms with E-state index < -0.39 is 0 Å². The van der Waals surface area contributed by atoms with Gasteiger partial charge in [0.15, 0.2) is 0 Å². The van der Waals surface area contributed by atoms with Crippen LogP contribution < -0.4 is 5.73 Å². The van der Waals surface area contributed by atoms with Gasteiger partial charge in [0.1, 0.15) is 0 Å². The number of piperidine rings is 1. The molecule has 2 bridgehead atoms. The zero-order chi connectivity index (χ0) is 10.9. The van der Waals surface area contributed by atoms with Gasteiger partial charge in [-0.15, -0.1) is 0 Å². The van der Waals surface area contributed by atoms with Crippen LogP contribution in [0.15, 0.2) is 0 Å². The summed E-state index contributed by atoms with van der Waals surface area (Å²) < 4.78 is 0. The molecule has 0 aromatic carbocycles. The number of nitrogens with two attached hydrogens (primary N) is 1. The monoisotopic (exact) mass is 211 g/mol. The second-order valence-corrected chi connectivity index (χ2v) is 5.02. The van der Waals surface area contributed by atoms with E-state index in [1.165, 1.54) is 32.5 Å². The summed E-state index contributed by atoms with van der Waals surface area (Å²) >= 11 is 0. The lowest BCUT2D eigenvalue weighted by molar-refractivity contribution is 0.0150. The first-order chi connectivity index (χ1) is 7.26. The molecule has 3 unspecified atom stereocenters. The molecule has 2 heterocycles. The Labute approximate surface area is 93.6 Å². The number of nitrogens with zero attached hydrogens (tertiary/aromatic N) is 2. The summed E-state index contributed by atoms with van der Waals surface area (Å²) in [7, 11) is 0. The number of fused-ring (bicyclic) bond motifs is 2. The van der Waals surface area contributed by atoms with Gasteiger partial charge in [0.05, 0.1) is 0 Å². The standard InChI is InChI=1S/C12H25N3/c1-3-15(4-2)12(10-13)6-8-14-7-5-11(12)9-14/h11H,3-10,13H2,1-2H3. The van der Waals surface area contributed by atoms with Gasteiger partial charge in [-0.2, -0.15) is 0 Å². The number of hydrogen-bond acceptors (Lipinski definition) is 3. The van der Waals surface area contributed by atoms with Gasteiger partial charge in [0.25, 0.3) is 0 Å². The smallest absolute Gasteiger partial charge is 0.0384 e. The van der Waals surface area contributed by atoms with Crippen LogP contribution in [0, 0.1) is 5.92 Å². The molecule has 0 aliphatic carbocycles. The Morgan fingerprint density at radius 3 is 2.67 bits per heavy atom. The van der Waals surface area contributed by atoms with Crippen molar-refractivity contribution in [2.75, 3.05) is 39.3 Å². The van der Waals surface area contributed by atoms with E-state index in [0.29, 0.717) is 5.54 Å². The van der Waals surface area contributed by atoms with Gasteiger partial charge < -0.3 is 10.6 Å². The SMILES string of the molecule is CCN(CC)C1(CN)CCN2CCC1C2. The minimum Gasteiger partial charge on any atom is -0.329 e. The molecule has 3 atom stereocenters. The zero-order valence-corrected chi connectivity index (χ0v) is 10.2. The lowest BCUT2D eigenvalue weighted by Crippen LogP contribution is -2.62. The highest BCUT2D eigenvalue weighted by molar-refractivity contribution is 5.04. The zero-order valence-electron chi connectivity index (χ0n) is 10.2. The van der Waals surface area contributed by atoms with Gasteiger partial charge in [0.2, 0.25) is 0 Å². The first kappa shape index (κ1) is 11.4. The average Bonchev–Trinajstić information content (AvgIpc) is 2.68. The van der Waals surface area contributed by atoms with Crippen LogP contribution in [0.4, 0.5) is 0 Å². The van der Waals surface area contributed by atoms with E-state index in [9.17, 15) is 0 Å². The molecule has 2 rings (SSSR count). The van der Waals surface area contributed by atoms with Gasteiger partial charge in [-0.3, -0.25) is 4.90 Å². The fourth-order valence-corrected chi connectivity index (χ4v) is 3.70. The van der Waals surface area contributed by atoms with Crippen molar-refractivity contribution in [3.8, 4) is 0 Å². The molecule has 0 saturated carbocycles. The summed E-state index contributed by atoms with van der Waals surface area (Å²) in [6, 6.07) is 0. The second-order valence-electron chi connectivity index (χ2n) is 5.02. The van der Waals surface area contributed by atoms with Crippen molar-refractivity contribution in [3.05, 3.63) is 0 Å². The molecule has 2 fully saturated rings. The molecule has 15 heavy (non-hydrogen) atoms. The molecule has 0 aromatic heterocycles. The Bertz CT molecular complexity index is 211. The van der Waals surface area contributed by atoms with Gasteiger partial charge in [-0.25, -0.2) is 0 Å². The summed E-state index contributed by atoms with van der Waals surface area (Å²) in [4.78, 5) is 5.21. The first-order valence-electron chi connectivity index (χ1n) is 6.44. The second kappa shape index (κ2) is 4.40. The van der Waals surface area contributed by atoms with Crippen molar-refractivity contribution in [2.24, 2.45) is 11.7 Å². The maximum atomic E-state index is 6.11. The lowest BCUT2D eigenvalue weighted by atomic mass is 9.77. The van der Waals surface area contributed by atoms with Gasteiger partial charge in [-0.05, 0) is 44.9 Å². The van der Waals surface area contributed by atoms with Crippen LogP contribution in [0.1, 0.15) is 26.7 Å². The van der Waals surface area contributed by atoms with E-state index in [4.69, 9.17) is 5.73 Å². The van der Waals surface area contributed by atoms with Crippen molar-refractivity contribution in [3.63, 3.8) is 0 Å². The molecule has 2 aliphatic heterocycles. The van der Waals surface area contributed by atoms with Crippen molar-refractivity contribution in [2.45, 2.75) is 32.2 Å². The Hall–Kier alpha value is -0.120. The van der Waals surface area contributed by atoms with Gasteiger partial charge in [-0.1, -0.05) is 13.8 Å². The summed E-state index contributed by atoms with van der Waals surface area (Å²) in [5, 5.41) is 0. The van der Waals surface area contributed by atoms with E-state index in [2.05, 4.69) is 23.6 Å². The molecule has 3 heteroatoms. The molecular formula is C12H25N3. The summed E-state index contributed by atoms with van der Waals surface area (Å²) in [6.07, 6.45) is 2.63. The third-order valence-electron chi connectivity index (χ3n) is 4.64. The van der Waals surface area contributed by atoms with Crippen molar-refractivity contribution in [1.29, 1.82) is 0 Å². The average molecular weight is 211 g/mol. The third-order valence-corrected chi connectivity index (χ3v) is 4.64. The molecule has 0 aromatic rings. The number of hydrogen-bond donors (Lipinski definition) is 1. The predicted octanol–water partition coefficient (Wildman–Crippen LogP) is 0.751. The van der Waals surface area contributed by atoms with E-state index in [0.717, 1.165) is 25.6 Å². The van der Waals surface area contributed by atoms with Crippen LogP contribution in [0.25, 0.3) is 0 Å². The van der Waals surface area contributed by atoms with Crippen molar-refractivity contribution in [1.82, 2.24) is 9.80 Å². The Kier molecular flexibility index (Phi) is 3.33. The fraction of sp³-hybridized carbons (Fsp3) is 1.00. The Morgan fingerprint density at radius 2 is 2.07 bits per heavy atom. The predicted molar refractivity (Wildman–Crippen MR) is 63.9 cm³/mol. The number of rotatable bonds is 4. The summed E-state index contributed by atoms with van der Waals surface area (Å²) in [6.45, 7) is 11.5. The topological polar surface area (TPSA) is 32.5 Å². The van der Waals surface area contributed by atoms with E-state index in [1.54, 1.807) is 0 Å². The van der Waals surface area contributed by atoms with E-state index >= 15 is 0 Å². The van der Waals surface area contributed by atoms with Crippen LogP contribution in [-0.4, -0.2) is 54.6 Å². The molecule has 88 valence electrons. The van der Waals surface area contributed by atoms with Gasteiger partial charge >= 0.3 is 0 Å². The van der Waals surface area contributed by atoms with E-state index in [-0.39, 0.29) is 0 Å². The lowest BCUT2D eigenvalue weighted by Gasteiger charge is -2.49. The van der Waals surface area contributed by atoms with Crippen LogP contribution in [-0.2, 0) is 0 Å². The molecule has 2 saturated heterocycles. The molecule has 3 nitrogen and oxygen atoms in total. The Balaban J connectivity index is 2.19. The van der Waals surface area contributed by atoms with Crippen LogP contribution in [0.3, 0.4) is 0 Å². The largest absolute Gasteiger partial charge is 0.329 e. The highest BCUT2D eigenvalue weighted by Gasteiger charge is 2.47. The Morgan fingerprint density at radius 1 is 1.33 bits per heavy atom. The summed E-state index contributed by atoms with van der Waals surface area (Å²) in [5.74, 6) is 0.816. The quantitative estimate of drug-likeness (QED) is 0.745. The fourth-order valence-electron chi connectivity index (χ4n) is 3.70. The third kappa shape index (κ3) is 1.71. The highest BCUT2D eigenvalue weighted by Crippen LogP contribution is 2.39. The van der Waals surface area contributed by atoms with Crippen molar-refractivity contribution >= 4 is 0 Å². The van der Waals surface area contributed by atoms with Crippen LogP contribution >= 0.6 is 0 Å². The molecule has 0 radical (unpaired) electrons. The summed E-state index contributed by atoms with van der Waals surface area (Å²) in [5.41, 5.74) is 6.43. The molecular weight excluding hydrogens is 186 g/mol. The molecule has 0 amide bonds. The highest BCUT2D eigenvalue weighted by atomic mass is 15.3. The minimum absolute atomic E-state index is 0.316. The minimum atomic E-state index is 0.316.